The number of ketones is 1. The maximum absolute atomic E-state index is 10.7. The third-order valence-corrected chi connectivity index (χ3v) is 4.12. The second-order valence-electron chi connectivity index (χ2n) is 6.49. The van der Waals surface area contributed by atoms with E-state index in [2.05, 4.69) is 17.3 Å². The molecule has 4 heteroatoms. The van der Waals surface area contributed by atoms with Crippen LogP contribution in [0.5, 0.6) is 0 Å². The summed E-state index contributed by atoms with van der Waals surface area (Å²) < 4.78 is 0. The van der Waals surface area contributed by atoms with Gasteiger partial charge in [-0.15, -0.1) is 0 Å². The van der Waals surface area contributed by atoms with Crippen LogP contribution in [0.15, 0.2) is 36.4 Å². The van der Waals surface area contributed by atoms with Crippen molar-refractivity contribution in [3.05, 3.63) is 42.0 Å². The number of likely N-dealkylation sites (tertiary alicyclic amines) is 1. The molecule has 0 bridgehead atoms. The minimum absolute atomic E-state index is 0.0284. The molecule has 1 aliphatic rings. The SMILES string of the molecule is CC(=O)C=CCC1CCN(C)CC1.CC(=O)Nc1ccccc1C. The number of anilines is 1. The molecule has 1 saturated heterocycles. The summed E-state index contributed by atoms with van der Waals surface area (Å²) in [6.07, 6.45) is 7.35. The van der Waals surface area contributed by atoms with E-state index in [4.69, 9.17) is 0 Å². The van der Waals surface area contributed by atoms with Gasteiger partial charge in [0.05, 0.1) is 0 Å². The lowest BCUT2D eigenvalue weighted by Crippen LogP contribution is -2.29. The van der Waals surface area contributed by atoms with Crippen LogP contribution in [0.3, 0.4) is 0 Å². The molecule has 4 nitrogen and oxygen atoms in total. The molecule has 0 aromatic heterocycles. The molecular weight excluding hydrogens is 300 g/mol. The fourth-order valence-corrected chi connectivity index (χ4v) is 2.63. The summed E-state index contributed by atoms with van der Waals surface area (Å²) >= 11 is 0. The van der Waals surface area contributed by atoms with E-state index in [9.17, 15) is 9.59 Å². The summed E-state index contributed by atoms with van der Waals surface area (Å²) in [5, 5.41) is 2.73. The molecule has 0 saturated carbocycles. The first-order valence-corrected chi connectivity index (χ1v) is 8.57. The number of carbonyl (C=O) groups is 2. The zero-order valence-corrected chi connectivity index (χ0v) is 15.3. The first-order valence-electron chi connectivity index (χ1n) is 8.57. The van der Waals surface area contributed by atoms with E-state index in [1.807, 2.05) is 37.3 Å². The average molecular weight is 330 g/mol. The van der Waals surface area contributed by atoms with Crippen LogP contribution in [0.1, 0.15) is 38.7 Å². The minimum atomic E-state index is -0.0284. The molecule has 24 heavy (non-hydrogen) atoms. The van der Waals surface area contributed by atoms with E-state index in [0.717, 1.165) is 23.6 Å². The molecule has 1 amide bonds. The second-order valence-corrected chi connectivity index (χ2v) is 6.49. The highest BCUT2D eigenvalue weighted by atomic mass is 16.1. The van der Waals surface area contributed by atoms with Gasteiger partial charge < -0.3 is 10.2 Å². The van der Waals surface area contributed by atoms with Gasteiger partial charge in [-0.1, -0.05) is 24.3 Å². The van der Waals surface area contributed by atoms with Crippen molar-refractivity contribution in [2.45, 2.75) is 40.0 Å². The Morgan fingerprint density at radius 2 is 1.83 bits per heavy atom. The van der Waals surface area contributed by atoms with Crippen molar-refractivity contribution in [2.75, 3.05) is 25.5 Å². The van der Waals surface area contributed by atoms with Crippen molar-refractivity contribution in [1.29, 1.82) is 0 Å². The van der Waals surface area contributed by atoms with Gasteiger partial charge in [-0.2, -0.15) is 0 Å². The van der Waals surface area contributed by atoms with Crippen LogP contribution in [0.25, 0.3) is 0 Å². The van der Waals surface area contributed by atoms with E-state index in [1.165, 1.54) is 32.9 Å². The number of allylic oxidation sites excluding steroid dienone is 2. The molecule has 1 N–H and O–H groups in total. The zero-order chi connectivity index (χ0) is 17.9. The van der Waals surface area contributed by atoms with Crippen molar-refractivity contribution in [2.24, 2.45) is 5.92 Å². The van der Waals surface area contributed by atoms with Crippen LogP contribution >= 0.6 is 0 Å². The standard InChI is InChI=1S/C11H19NO.C9H11NO/c1-10(13)4-3-5-11-6-8-12(2)9-7-11;1-7-5-3-4-6-9(7)10-8(2)11/h3-4,11H,5-9H2,1-2H3;3-6H,1-2H3,(H,10,11). The van der Waals surface area contributed by atoms with E-state index in [-0.39, 0.29) is 11.7 Å². The number of rotatable bonds is 4. The number of para-hydroxylation sites is 1. The fraction of sp³-hybridized carbons (Fsp3) is 0.500. The van der Waals surface area contributed by atoms with Gasteiger partial charge in [-0.25, -0.2) is 0 Å². The molecule has 1 aliphatic heterocycles. The van der Waals surface area contributed by atoms with Crippen molar-refractivity contribution in [3.8, 4) is 0 Å². The number of carbonyl (C=O) groups excluding carboxylic acids is 2. The Bertz CT molecular complexity index is 559. The molecule has 0 atom stereocenters. The zero-order valence-electron chi connectivity index (χ0n) is 15.3. The highest BCUT2D eigenvalue weighted by Crippen LogP contribution is 2.19. The molecule has 1 aromatic rings. The largest absolute Gasteiger partial charge is 0.326 e. The predicted octanol–water partition coefficient (Wildman–Crippen LogP) is 3.82. The summed E-state index contributed by atoms with van der Waals surface area (Å²) in [5.41, 5.74) is 1.97. The normalized spacial score (nSPS) is 15.7. The molecule has 0 unspecified atom stereocenters. The summed E-state index contributed by atoms with van der Waals surface area (Å²) in [6, 6.07) is 7.70. The van der Waals surface area contributed by atoms with Gasteiger partial charge in [-0.3, -0.25) is 9.59 Å². The van der Waals surface area contributed by atoms with Crippen LogP contribution in [0, 0.1) is 12.8 Å². The van der Waals surface area contributed by atoms with Gasteiger partial charge in [0, 0.05) is 12.6 Å². The molecule has 1 heterocycles. The quantitative estimate of drug-likeness (QED) is 0.854. The van der Waals surface area contributed by atoms with E-state index in [1.54, 1.807) is 13.0 Å². The smallest absolute Gasteiger partial charge is 0.221 e. The second kappa shape index (κ2) is 10.8. The number of hydrogen-bond donors (Lipinski definition) is 1. The van der Waals surface area contributed by atoms with Crippen molar-refractivity contribution in [1.82, 2.24) is 4.90 Å². The predicted molar refractivity (Wildman–Crippen MR) is 100 cm³/mol. The number of nitrogens with zero attached hydrogens (tertiary/aromatic N) is 1. The Hall–Kier alpha value is -1.94. The Morgan fingerprint density at radius 1 is 1.21 bits per heavy atom. The van der Waals surface area contributed by atoms with E-state index >= 15 is 0 Å². The maximum atomic E-state index is 10.7. The number of aryl methyl sites for hydroxylation is 1. The number of amides is 1. The van der Waals surface area contributed by atoms with Gasteiger partial charge in [-0.05, 0) is 76.9 Å². The van der Waals surface area contributed by atoms with Gasteiger partial charge in [0.15, 0.2) is 5.78 Å². The number of benzene rings is 1. The third-order valence-electron chi connectivity index (χ3n) is 4.12. The van der Waals surface area contributed by atoms with Crippen molar-refractivity contribution < 1.29 is 9.59 Å². The molecule has 1 aromatic carbocycles. The Balaban J connectivity index is 0.000000243. The minimum Gasteiger partial charge on any atom is -0.326 e. The van der Waals surface area contributed by atoms with Crippen LogP contribution in [-0.2, 0) is 9.59 Å². The Kier molecular flexibility index (Phi) is 9.02. The van der Waals surface area contributed by atoms with Crippen LogP contribution in [0.2, 0.25) is 0 Å². The fourth-order valence-electron chi connectivity index (χ4n) is 2.63. The van der Waals surface area contributed by atoms with Crippen molar-refractivity contribution >= 4 is 17.4 Å². The van der Waals surface area contributed by atoms with Gasteiger partial charge in [0.1, 0.15) is 0 Å². The maximum Gasteiger partial charge on any atom is 0.221 e. The van der Waals surface area contributed by atoms with Gasteiger partial charge in [0.25, 0.3) is 0 Å². The monoisotopic (exact) mass is 330 g/mol. The number of piperidine rings is 1. The van der Waals surface area contributed by atoms with Crippen LogP contribution in [-0.4, -0.2) is 36.7 Å². The topological polar surface area (TPSA) is 49.4 Å². The van der Waals surface area contributed by atoms with E-state index < -0.39 is 0 Å². The summed E-state index contributed by atoms with van der Waals surface area (Å²) in [5.74, 6) is 0.930. The van der Waals surface area contributed by atoms with Crippen LogP contribution < -0.4 is 5.32 Å². The lowest BCUT2D eigenvalue weighted by Gasteiger charge is -2.28. The van der Waals surface area contributed by atoms with Crippen LogP contribution in [0.4, 0.5) is 5.69 Å². The number of nitrogens with one attached hydrogen (secondary N) is 1. The Morgan fingerprint density at radius 3 is 2.38 bits per heavy atom. The highest BCUT2D eigenvalue weighted by Gasteiger charge is 2.14. The summed E-state index contributed by atoms with van der Waals surface area (Å²) in [4.78, 5) is 23.7. The molecule has 0 radical (unpaired) electrons. The summed E-state index contributed by atoms with van der Waals surface area (Å²) in [7, 11) is 2.17. The lowest BCUT2D eigenvalue weighted by molar-refractivity contribution is -0.114. The molecule has 0 aliphatic carbocycles. The first-order chi connectivity index (χ1) is 11.4. The molecule has 2 rings (SSSR count). The van der Waals surface area contributed by atoms with Crippen molar-refractivity contribution in [3.63, 3.8) is 0 Å². The number of hydrogen-bond acceptors (Lipinski definition) is 3. The average Bonchev–Trinajstić information content (AvgIpc) is 2.51. The Labute approximate surface area is 145 Å². The molecular formula is C20H30N2O2. The molecule has 0 spiro atoms. The molecule has 132 valence electrons. The third kappa shape index (κ3) is 8.63. The van der Waals surface area contributed by atoms with Gasteiger partial charge >= 0.3 is 0 Å². The first kappa shape index (κ1) is 20.1. The summed E-state index contributed by atoms with van der Waals surface area (Å²) in [6.45, 7) is 7.49. The lowest BCUT2D eigenvalue weighted by atomic mass is 9.94. The molecule has 1 fully saturated rings. The van der Waals surface area contributed by atoms with E-state index in [0.29, 0.717) is 0 Å². The van der Waals surface area contributed by atoms with Gasteiger partial charge in [0.2, 0.25) is 5.91 Å². The highest BCUT2D eigenvalue weighted by molar-refractivity contribution is 5.89.